The zero-order valence-corrected chi connectivity index (χ0v) is 13.7. The molecule has 1 aromatic rings. The van der Waals surface area contributed by atoms with Gasteiger partial charge in [-0.05, 0) is 18.1 Å². The van der Waals surface area contributed by atoms with Crippen LogP contribution in [0.5, 0.6) is 0 Å². The third-order valence-electron chi connectivity index (χ3n) is 4.34. The number of carboxylic acid groups (broad SMARTS) is 2. The Hall–Kier alpha value is -2.41. The zero-order chi connectivity index (χ0) is 17.9. The summed E-state index contributed by atoms with van der Waals surface area (Å²) in [7, 11) is 0. The van der Waals surface area contributed by atoms with Crippen molar-refractivity contribution < 1.29 is 24.6 Å². The van der Waals surface area contributed by atoms with Crippen molar-refractivity contribution in [2.24, 2.45) is 5.92 Å². The van der Waals surface area contributed by atoms with Crippen molar-refractivity contribution in [3.8, 4) is 0 Å². The Labute approximate surface area is 140 Å². The summed E-state index contributed by atoms with van der Waals surface area (Å²) in [6.45, 7) is 3.60. The monoisotopic (exact) mass is 334 g/mol. The van der Waals surface area contributed by atoms with E-state index in [1.54, 1.807) is 6.92 Å². The van der Waals surface area contributed by atoms with E-state index in [-0.39, 0.29) is 25.4 Å². The smallest absolute Gasteiger partial charge is 0.326 e. The summed E-state index contributed by atoms with van der Waals surface area (Å²) in [5, 5.41) is 21.1. The Balaban J connectivity index is 2.11. The van der Waals surface area contributed by atoms with Crippen LogP contribution >= 0.6 is 0 Å². The van der Waals surface area contributed by atoms with Crippen molar-refractivity contribution >= 4 is 17.8 Å². The lowest BCUT2D eigenvalue weighted by Crippen LogP contribution is -2.52. The van der Waals surface area contributed by atoms with E-state index < -0.39 is 29.9 Å². The van der Waals surface area contributed by atoms with Crippen LogP contribution in [0.3, 0.4) is 0 Å². The second-order valence-corrected chi connectivity index (χ2v) is 6.16. The fourth-order valence-corrected chi connectivity index (χ4v) is 2.79. The molecule has 1 aliphatic heterocycles. The number of carbonyl (C=O) groups is 3. The van der Waals surface area contributed by atoms with E-state index in [0.29, 0.717) is 0 Å². The highest BCUT2D eigenvalue weighted by Gasteiger charge is 2.36. The van der Waals surface area contributed by atoms with E-state index in [1.807, 2.05) is 24.3 Å². The number of carbonyl (C=O) groups excluding carboxylic acids is 1. The van der Waals surface area contributed by atoms with Gasteiger partial charge in [-0.25, -0.2) is 4.79 Å². The van der Waals surface area contributed by atoms with E-state index in [0.717, 1.165) is 11.1 Å². The molecule has 0 saturated carbocycles. The molecule has 2 rings (SSSR count). The molecule has 2 unspecified atom stereocenters. The maximum absolute atomic E-state index is 12.7. The van der Waals surface area contributed by atoms with Crippen LogP contribution in [0.2, 0.25) is 0 Å². The maximum atomic E-state index is 12.7. The molecular formula is C17H22N2O5. The van der Waals surface area contributed by atoms with Crippen LogP contribution in [0.4, 0.5) is 0 Å². The molecule has 1 heterocycles. The average molecular weight is 334 g/mol. The van der Waals surface area contributed by atoms with Crippen molar-refractivity contribution in [2.45, 2.75) is 38.9 Å². The van der Waals surface area contributed by atoms with E-state index in [9.17, 15) is 19.5 Å². The van der Waals surface area contributed by atoms with Gasteiger partial charge in [-0.2, -0.15) is 0 Å². The minimum Gasteiger partial charge on any atom is -0.480 e. The van der Waals surface area contributed by atoms with E-state index in [4.69, 9.17) is 5.11 Å². The second kappa shape index (κ2) is 7.44. The number of hydrogen-bond donors (Lipinski definition) is 3. The SMILES string of the molecule is CC(CNC(C)C(=O)O)C(=O)N1Cc2ccccc2C[C@H]1C(=O)O. The van der Waals surface area contributed by atoms with Gasteiger partial charge in [0.1, 0.15) is 12.1 Å². The molecule has 24 heavy (non-hydrogen) atoms. The lowest BCUT2D eigenvalue weighted by molar-refractivity contribution is -0.153. The van der Waals surface area contributed by atoms with Gasteiger partial charge in [-0.15, -0.1) is 0 Å². The average Bonchev–Trinajstić information content (AvgIpc) is 2.57. The van der Waals surface area contributed by atoms with Gasteiger partial charge in [0, 0.05) is 25.4 Å². The fraction of sp³-hybridized carbons (Fsp3) is 0.471. The number of nitrogens with one attached hydrogen (secondary N) is 1. The Morgan fingerprint density at radius 3 is 2.42 bits per heavy atom. The first-order chi connectivity index (χ1) is 11.3. The van der Waals surface area contributed by atoms with E-state index in [2.05, 4.69) is 5.32 Å². The summed E-state index contributed by atoms with van der Waals surface area (Å²) in [4.78, 5) is 36.5. The molecule has 3 atom stereocenters. The van der Waals surface area contributed by atoms with Crippen molar-refractivity contribution in [3.05, 3.63) is 35.4 Å². The Kier molecular flexibility index (Phi) is 5.56. The van der Waals surface area contributed by atoms with Crippen LogP contribution in [0.25, 0.3) is 0 Å². The van der Waals surface area contributed by atoms with Crippen molar-refractivity contribution in [1.82, 2.24) is 10.2 Å². The van der Waals surface area contributed by atoms with Crippen molar-refractivity contribution in [1.29, 1.82) is 0 Å². The molecule has 1 amide bonds. The van der Waals surface area contributed by atoms with Gasteiger partial charge >= 0.3 is 11.9 Å². The lowest BCUT2D eigenvalue weighted by Gasteiger charge is -2.36. The van der Waals surface area contributed by atoms with E-state index >= 15 is 0 Å². The lowest BCUT2D eigenvalue weighted by atomic mass is 9.92. The third kappa shape index (κ3) is 3.91. The number of hydrogen-bond acceptors (Lipinski definition) is 4. The number of benzene rings is 1. The van der Waals surface area contributed by atoms with Crippen molar-refractivity contribution in [2.75, 3.05) is 6.54 Å². The molecular weight excluding hydrogens is 312 g/mol. The van der Waals surface area contributed by atoms with Crippen LogP contribution in [0.15, 0.2) is 24.3 Å². The molecule has 130 valence electrons. The zero-order valence-electron chi connectivity index (χ0n) is 13.7. The number of rotatable bonds is 6. The maximum Gasteiger partial charge on any atom is 0.326 e. The number of amides is 1. The highest BCUT2D eigenvalue weighted by atomic mass is 16.4. The molecule has 0 radical (unpaired) electrons. The van der Waals surface area contributed by atoms with Crippen LogP contribution in [-0.2, 0) is 27.3 Å². The molecule has 3 N–H and O–H groups in total. The Morgan fingerprint density at radius 2 is 1.83 bits per heavy atom. The number of nitrogens with zero attached hydrogens (tertiary/aromatic N) is 1. The minimum absolute atomic E-state index is 0.177. The third-order valence-corrected chi connectivity index (χ3v) is 4.34. The van der Waals surface area contributed by atoms with Crippen LogP contribution in [0.1, 0.15) is 25.0 Å². The molecule has 1 aromatic carbocycles. The first-order valence-corrected chi connectivity index (χ1v) is 7.87. The number of aliphatic carboxylic acids is 2. The van der Waals surface area contributed by atoms with Gasteiger partial charge in [0.05, 0.1) is 0 Å². The highest BCUT2D eigenvalue weighted by Crippen LogP contribution is 2.25. The van der Waals surface area contributed by atoms with Crippen LogP contribution < -0.4 is 5.32 Å². The number of carboxylic acids is 2. The molecule has 0 aromatic heterocycles. The molecule has 7 nitrogen and oxygen atoms in total. The number of fused-ring (bicyclic) bond motifs is 1. The minimum atomic E-state index is -1.03. The quantitative estimate of drug-likeness (QED) is 0.708. The van der Waals surface area contributed by atoms with Gasteiger partial charge in [0.25, 0.3) is 0 Å². The van der Waals surface area contributed by atoms with Gasteiger partial charge in [-0.3, -0.25) is 9.59 Å². The fourth-order valence-electron chi connectivity index (χ4n) is 2.79. The predicted molar refractivity (Wildman–Crippen MR) is 86.4 cm³/mol. The molecule has 0 fully saturated rings. The largest absolute Gasteiger partial charge is 0.480 e. The first kappa shape index (κ1) is 17.9. The molecule has 0 saturated heterocycles. The molecule has 0 bridgehead atoms. The standard InChI is InChI=1S/C17H22N2O5/c1-10(8-18-11(2)16(21)22)15(20)19-9-13-6-4-3-5-12(13)7-14(19)17(23)24/h3-6,10-11,14,18H,7-9H2,1-2H3,(H,21,22)(H,23,24)/t10?,11?,14-/m0/s1. The van der Waals surface area contributed by atoms with Gasteiger partial charge < -0.3 is 20.4 Å². The Bertz CT molecular complexity index is 646. The second-order valence-electron chi connectivity index (χ2n) is 6.16. The summed E-state index contributed by atoms with van der Waals surface area (Å²) in [6, 6.07) is 5.83. The molecule has 0 spiro atoms. The normalized spacial score (nSPS) is 19.2. The predicted octanol–water partition coefficient (Wildman–Crippen LogP) is 0.723. The van der Waals surface area contributed by atoms with Gasteiger partial charge in [-0.1, -0.05) is 31.2 Å². The Morgan fingerprint density at radius 1 is 1.21 bits per heavy atom. The summed E-state index contributed by atoms with van der Waals surface area (Å²) in [5.41, 5.74) is 1.89. The summed E-state index contributed by atoms with van der Waals surface area (Å²) >= 11 is 0. The molecule has 1 aliphatic rings. The summed E-state index contributed by atoms with van der Waals surface area (Å²) < 4.78 is 0. The molecule has 0 aliphatic carbocycles. The molecule has 7 heteroatoms. The van der Waals surface area contributed by atoms with Crippen LogP contribution in [-0.4, -0.2) is 51.6 Å². The van der Waals surface area contributed by atoms with Gasteiger partial charge in [0.15, 0.2) is 0 Å². The summed E-state index contributed by atoms with van der Waals surface area (Å²) in [5.74, 6) is -2.83. The topological polar surface area (TPSA) is 107 Å². The first-order valence-electron chi connectivity index (χ1n) is 7.87. The van der Waals surface area contributed by atoms with Crippen molar-refractivity contribution in [3.63, 3.8) is 0 Å². The van der Waals surface area contributed by atoms with Crippen LogP contribution in [0, 0.1) is 5.92 Å². The van der Waals surface area contributed by atoms with E-state index in [1.165, 1.54) is 11.8 Å². The summed E-state index contributed by atoms with van der Waals surface area (Å²) in [6.07, 6.45) is 0.281. The van der Waals surface area contributed by atoms with Gasteiger partial charge in [0.2, 0.25) is 5.91 Å². The highest BCUT2D eigenvalue weighted by molar-refractivity contribution is 5.86.